The smallest absolute Gasteiger partial charge is 0.147 e. The van der Waals surface area contributed by atoms with Crippen LogP contribution in [0.25, 0.3) is 0 Å². The highest BCUT2D eigenvalue weighted by Crippen LogP contribution is 2.19. The van der Waals surface area contributed by atoms with Crippen LogP contribution >= 0.6 is 27.5 Å². The third-order valence-corrected chi connectivity index (χ3v) is 2.84. The Balaban J connectivity index is 2.07. The summed E-state index contributed by atoms with van der Waals surface area (Å²) < 4.78 is 14.2. The van der Waals surface area contributed by atoms with Crippen LogP contribution in [-0.4, -0.2) is 4.98 Å². The summed E-state index contributed by atoms with van der Waals surface area (Å²) in [5.41, 5.74) is 1.24. The molecule has 0 unspecified atom stereocenters. The van der Waals surface area contributed by atoms with E-state index in [1.54, 1.807) is 12.1 Å². The summed E-state index contributed by atoms with van der Waals surface area (Å²) in [5, 5.41) is 3.35. The Morgan fingerprint density at radius 2 is 2.12 bits per heavy atom. The lowest BCUT2D eigenvalue weighted by Crippen LogP contribution is -2.03. The molecule has 88 valence electrons. The number of aromatic nitrogens is 1. The molecule has 0 aliphatic carbocycles. The van der Waals surface area contributed by atoms with Gasteiger partial charge in [-0.1, -0.05) is 17.7 Å². The molecule has 1 heterocycles. The van der Waals surface area contributed by atoms with E-state index in [0.717, 1.165) is 10.3 Å². The minimum Gasteiger partial charge on any atom is -0.377 e. The van der Waals surface area contributed by atoms with Gasteiger partial charge in [-0.2, -0.15) is 0 Å². The molecule has 0 fully saturated rings. The Bertz CT molecular complexity index is 534. The lowest BCUT2D eigenvalue weighted by atomic mass is 10.3. The summed E-state index contributed by atoms with van der Waals surface area (Å²) >= 11 is 8.95. The van der Waals surface area contributed by atoms with Crippen LogP contribution in [0.15, 0.2) is 41.0 Å². The van der Waals surface area contributed by atoms with E-state index >= 15 is 0 Å². The third kappa shape index (κ3) is 3.41. The Hall–Kier alpha value is -1.13. The molecule has 2 aromatic rings. The fourth-order valence-electron chi connectivity index (χ4n) is 1.37. The Kier molecular flexibility index (Phi) is 3.97. The summed E-state index contributed by atoms with van der Waals surface area (Å²) in [5.74, 6) is -0.368. The minimum absolute atomic E-state index is 0.368. The highest BCUT2D eigenvalue weighted by Gasteiger charge is 2.03. The number of halogens is 3. The van der Waals surface area contributed by atoms with Gasteiger partial charge in [-0.25, -0.2) is 9.37 Å². The van der Waals surface area contributed by atoms with Gasteiger partial charge in [-0.3, -0.25) is 0 Å². The fraction of sp³-hybridized carbons (Fsp3) is 0.0833. The van der Waals surface area contributed by atoms with Crippen molar-refractivity contribution in [1.82, 2.24) is 4.98 Å². The lowest BCUT2D eigenvalue weighted by molar-refractivity contribution is 0.630. The van der Waals surface area contributed by atoms with Gasteiger partial charge in [0.1, 0.15) is 10.4 Å². The summed E-state index contributed by atoms with van der Waals surface area (Å²) in [6.07, 6.45) is 0. The molecule has 0 saturated heterocycles. The molecular weight excluding hydrogens is 307 g/mol. The van der Waals surface area contributed by atoms with E-state index in [9.17, 15) is 4.39 Å². The zero-order valence-corrected chi connectivity index (χ0v) is 11.1. The Morgan fingerprint density at radius 1 is 1.29 bits per heavy atom. The van der Waals surface area contributed by atoms with Crippen LogP contribution in [0.2, 0.25) is 5.02 Å². The van der Waals surface area contributed by atoms with Gasteiger partial charge in [0.25, 0.3) is 0 Å². The fourth-order valence-corrected chi connectivity index (χ4v) is 1.91. The molecule has 0 aliphatic rings. The van der Waals surface area contributed by atoms with Crippen LogP contribution in [-0.2, 0) is 6.54 Å². The normalized spacial score (nSPS) is 10.3. The zero-order valence-electron chi connectivity index (χ0n) is 8.75. The van der Waals surface area contributed by atoms with Gasteiger partial charge in [0.2, 0.25) is 0 Å². The van der Waals surface area contributed by atoms with Crippen LogP contribution in [0, 0.1) is 5.82 Å². The molecule has 0 saturated carbocycles. The number of nitrogens with one attached hydrogen (secondary N) is 1. The molecule has 1 N–H and O–H groups in total. The molecular formula is C12H9BrClFN2. The molecule has 1 aromatic carbocycles. The second kappa shape index (κ2) is 5.47. The summed E-state index contributed by atoms with van der Waals surface area (Å²) in [6.45, 7) is 0.456. The van der Waals surface area contributed by atoms with Crippen molar-refractivity contribution in [3.63, 3.8) is 0 Å². The van der Waals surface area contributed by atoms with E-state index in [1.807, 2.05) is 18.2 Å². The third-order valence-electron chi connectivity index (χ3n) is 2.16. The molecule has 0 spiro atoms. The molecule has 0 bridgehead atoms. The van der Waals surface area contributed by atoms with Crippen LogP contribution < -0.4 is 5.32 Å². The molecule has 1 aromatic heterocycles. The molecule has 0 amide bonds. The molecule has 0 atom stereocenters. The predicted octanol–water partition coefficient (Wildman–Crippen LogP) is 4.25. The number of hydrogen-bond donors (Lipinski definition) is 1. The van der Waals surface area contributed by atoms with Gasteiger partial charge in [-0.15, -0.1) is 0 Å². The monoisotopic (exact) mass is 314 g/mol. The molecule has 17 heavy (non-hydrogen) atoms. The first kappa shape index (κ1) is 12.3. The summed E-state index contributed by atoms with van der Waals surface area (Å²) in [4.78, 5) is 4.24. The van der Waals surface area contributed by atoms with Gasteiger partial charge >= 0.3 is 0 Å². The zero-order chi connectivity index (χ0) is 12.3. The number of pyridine rings is 1. The van der Waals surface area contributed by atoms with Crippen molar-refractivity contribution in [2.45, 2.75) is 6.54 Å². The van der Waals surface area contributed by atoms with E-state index in [2.05, 4.69) is 26.2 Å². The van der Waals surface area contributed by atoms with Crippen molar-refractivity contribution < 1.29 is 4.39 Å². The number of hydrogen-bond acceptors (Lipinski definition) is 2. The van der Waals surface area contributed by atoms with Gasteiger partial charge in [0.15, 0.2) is 0 Å². The SMILES string of the molecule is Fc1cc(Cl)ccc1NCc1cccc(Br)n1. The second-order valence-corrected chi connectivity index (χ2v) is 4.68. The van der Waals surface area contributed by atoms with Crippen molar-refractivity contribution in [2.75, 3.05) is 5.32 Å². The topological polar surface area (TPSA) is 24.9 Å². The molecule has 0 aliphatic heterocycles. The molecule has 2 rings (SSSR count). The summed E-state index contributed by atoms with van der Waals surface area (Å²) in [7, 11) is 0. The van der Waals surface area contributed by atoms with Crippen molar-refractivity contribution in [2.24, 2.45) is 0 Å². The largest absolute Gasteiger partial charge is 0.377 e. The molecule has 0 radical (unpaired) electrons. The first-order valence-electron chi connectivity index (χ1n) is 4.95. The average Bonchev–Trinajstić information content (AvgIpc) is 2.28. The van der Waals surface area contributed by atoms with Gasteiger partial charge < -0.3 is 5.32 Å². The van der Waals surface area contributed by atoms with Crippen molar-refractivity contribution in [3.8, 4) is 0 Å². The standard InChI is InChI=1S/C12H9BrClFN2/c13-12-3-1-2-9(17-12)7-16-11-5-4-8(14)6-10(11)15/h1-6,16H,7H2. The van der Waals surface area contributed by atoms with Crippen LogP contribution in [0.1, 0.15) is 5.69 Å². The van der Waals surface area contributed by atoms with E-state index in [-0.39, 0.29) is 5.82 Å². The maximum Gasteiger partial charge on any atom is 0.147 e. The molecule has 5 heteroatoms. The van der Waals surface area contributed by atoms with Crippen molar-refractivity contribution in [1.29, 1.82) is 0 Å². The van der Waals surface area contributed by atoms with Gasteiger partial charge in [0.05, 0.1) is 17.9 Å². The maximum absolute atomic E-state index is 13.5. The van der Waals surface area contributed by atoms with E-state index in [0.29, 0.717) is 17.3 Å². The highest BCUT2D eigenvalue weighted by molar-refractivity contribution is 9.10. The Morgan fingerprint density at radius 3 is 2.82 bits per heavy atom. The minimum atomic E-state index is -0.368. The van der Waals surface area contributed by atoms with Crippen molar-refractivity contribution in [3.05, 3.63) is 57.5 Å². The summed E-state index contributed by atoms with van der Waals surface area (Å²) in [6, 6.07) is 10.1. The van der Waals surface area contributed by atoms with Crippen molar-refractivity contribution >= 4 is 33.2 Å². The van der Waals surface area contributed by atoms with Crippen LogP contribution in [0.3, 0.4) is 0 Å². The lowest BCUT2D eigenvalue weighted by Gasteiger charge is -2.07. The van der Waals surface area contributed by atoms with Gasteiger partial charge in [0, 0.05) is 5.02 Å². The quantitative estimate of drug-likeness (QED) is 0.857. The van der Waals surface area contributed by atoms with Crippen LogP contribution in [0.4, 0.5) is 10.1 Å². The van der Waals surface area contributed by atoms with E-state index in [1.165, 1.54) is 6.07 Å². The first-order valence-corrected chi connectivity index (χ1v) is 6.12. The molecule has 2 nitrogen and oxygen atoms in total. The number of benzene rings is 1. The number of rotatable bonds is 3. The highest BCUT2D eigenvalue weighted by atomic mass is 79.9. The van der Waals surface area contributed by atoms with Crippen LogP contribution in [0.5, 0.6) is 0 Å². The van der Waals surface area contributed by atoms with Gasteiger partial charge in [-0.05, 0) is 46.3 Å². The number of nitrogens with zero attached hydrogens (tertiary/aromatic N) is 1. The maximum atomic E-state index is 13.5. The second-order valence-electron chi connectivity index (χ2n) is 3.43. The average molecular weight is 316 g/mol. The predicted molar refractivity (Wildman–Crippen MR) is 70.7 cm³/mol. The van der Waals surface area contributed by atoms with E-state index in [4.69, 9.17) is 11.6 Å². The van der Waals surface area contributed by atoms with E-state index < -0.39 is 0 Å². The first-order chi connectivity index (χ1) is 8.15. The Labute approximate surface area is 112 Å². The number of anilines is 1.